The molecule has 1 N–H and O–H groups in total. The van der Waals surface area contributed by atoms with Crippen molar-refractivity contribution >= 4 is 11.3 Å². The Bertz CT molecular complexity index is 383. The van der Waals surface area contributed by atoms with Crippen molar-refractivity contribution in [3.63, 3.8) is 0 Å². The molecule has 1 aromatic heterocycles. The van der Waals surface area contributed by atoms with Crippen LogP contribution in [0.15, 0.2) is 0 Å². The van der Waals surface area contributed by atoms with E-state index in [0.717, 1.165) is 26.3 Å². The Morgan fingerprint density at radius 1 is 1.47 bits per heavy atom. The molecule has 1 atom stereocenters. The van der Waals surface area contributed by atoms with Gasteiger partial charge in [0.05, 0.1) is 17.3 Å². The molecule has 1 fully saturated rings. The van der Waals surface area contributed by atoms with E-state index in [4.69, 9.17) is 9.72 Å². The zero-order chi connectivity index (χ0) is 13.7. The van der Waals surface area contributed by atoms with Crippen molar-refractivity contribution in [2.75, 3.05) is 19.8 Å². The van der Waals surface area contributed by atoms with Crippen molar-refractivity contribution in [1.29, 1.82) is 0 Å². The quantitative estimate of drug-likeness (QED) is 0.809. The van der Waals surface area contributed by atoms with Crippen LogP contribution in [0.4, 0.5) is 0 Å². The maximum atomic E-state index is 5.60. The molecule has 1 aromatic rings. The summed E-state index contributed by atoms with van der Waals surface area (Å²) >= 11 is 1.89. The topological polar surface area (TPSA) is 34.1 Å². The molecule has 108 valence electrons. The largest absolute Gasteiger partial charge is 0.381 e. The molecule has 1 saturated heterocycles. The van der Waals surface area contributed by atoms with E-state index in [1.54, 1.807) is 0 Å². The third-order valence-electron chi connectivity index (χ3n) is 3.51. The molecule has 2 heterocycles. The highest BCUT2D eigenvalue weighted by molar-refractivity contribution is 7.11. The molecule has 1 unspecified atom stereocenters. The molecule has 0 spiro atoms. The van der Waals surface area contributed by atoms with Gasteiger partial charge in [-0.2, -0.15) is 0 Å². The summed E-state index contributed by atoms with van der Waals surface area (Å²) in [6.07, 6.45) is 3.58. The van der Waals surface area contributed by atoms with E-state index >= 15 is 0 Å². The fourth-order valence-corrected chi connectivity index (χ4v) is 3.76. The van der Waals surface area contributed by atoms with Gasteiger partial charge in [0.25, 0.3) is 0 Å². The van der Waals surface area contributed by atoms with Crippen LogP contribution >= 0.6 is 11.3 Å². The van der Waals surface area contributed by atoms with Gasteiger partial charge >= 0.3 is 0 Å². The monoisotopic (exact) mass is 282 g/mol. The fraction of sp³-hybridized carbons (Fsp3) is 0.800. The van der Waals surface area contributed by atoms with Gasteiger partial charge in [0.15, 0.2) is 0 Å². The van der Waals surface area contributed by atoms with Crippen molar-refractivity contribution in [1.82, 2.24) is 10.3 Å². The van der Waals surface area contributed by atoms with Crippen LogP contribution in [0, 0.1) is 0 Å². The van der Waals surface area contributed by atoms with Gasteiger partial charge in [-0.25, -0.2) is 4.98 Å². The summed E-state index contributed by atoms with van der Waals surface area (Å²) in [5, 5.41) is 4.79. The number of rotatable bonds is 6. The van der Waals surface area contributed by atoms with Crippen LogP contribution in [0.5, 0.6) is 0 Å². The number of nitrogens with zero attached hydrogens (tertiary/aromatic N) is 1. The lowest BCUT2D eigenvalue weighted by Crippen LogP contribution is -2.15. The second kappa shape index (κ2) is 7.36. The summed E-state index contributed by atoms with van der Waals surface area (Å²) in [6.45, 7) is 10.5. The summed E-state index contributed by atoms with van der Waals surface area (Å²) in [6, 6.07) is 0. The Labute approximate surface area is 120 Å². The Hall–Kier alpha value is -0.450. The van der Waals surface area contributed by atoms with Gasteiger partial charge in [0, 0.05) is 23.9 Å². The second-order valence-electron chi connectivity index (χ2n) is 5.61. The highest BCUT2D eigenvalue weighted by atomic mass is 32.1. The van der Waals surface area contributed by atoms with Crippen LogP contribution < -0.4 is 5.32 Å². The SMILES string of the molecule is CCCNCc1sc(C2CCCOC2)nc1C(C)C. The van der Waals surface area contributed by atoms with E-state index in [2.05, 4.69) is 26.1 Å². The molecular formula is C15H26N2OS. The minimum Gasteiger partial charge on any atom is -0.381 e. The van der Waals surface area contributed by atoms with Crippen LogP contribution in [-0.4, -0.2) is 24.7 Å². The number of thiazole rings is 1. The highest BCUT2D eigenvalue weighted by Gasteiger charge is 2.22. The molecule has 19 heavy (non-hydrogen) atoms. The molecule has 3 nitrogen and oxygen atoms in total. The van der Waals surface area contributed by atoms with Crippen LogP contribution in [0.3, 0.4) is 0 Å². The van der Waals surface area contributed by atoms with Gasteiger partial charge in [0.2, 0.25) is 0 Å². The Morgan fingerprint density at radius 3 is 2.95 bits per heavy atom. The molecule has 4 heteroatoms. The van der Waals surface area contributed by atoms with E-state index in [-0.39, 0.29) is 0 Å². The standard InChI is InChI=1S/C15H26N2OS/c1-4-7-16-9-13-14(11(2)3)17-15(19-13)12-6-5-8-18-10-12/h11-12,16H,4-10H2,1-3H3. The number of hydrogen-bond donors (Lipinski definition) is 1. The molecule has 2 rings (SSSR count). The number of nitrogens with one attached hydrogen (secondary N) is 1. The highest BCUT2D eigenvalue weighted by Crippen LogP contribution is 2.33. The predicted molar refractivity (Wildman–Crippen MR) is 81.0 cm³/mol. The Kier molecular flexibility index (Phi) is 5.79. The zero-order valence-corrected chi connectivity index (χ0v) is 13.2. The maximum absolute atomic E-state index is 5.60. The second-order valence-corrected chi connectivity index (χ2v) is 6.72. The summed E-state index contributed by atoms with van der Waals surface area (Å²) < 4.78 is 5.60. The van der Waals surface area contributed by atoms with Gasteiger partial charge in [-0.3, -0.25) is 0 Å². The zero-order valence-electron chi connectivity index (χ0n) is 12.4. The van der Waals surface area contributed by atoms with Gasteiger partial charge in [-0.05, 0) is 31.7 Å². The normalized spacial score (nSPS) is 20.1. The first-order valence-electron chi connectivity index (χ1n) is 7.50. The summed E-state index contributed by atoms with van der Waals surface area (Å²) in [4.78, 5) is 6.33. The molecule has 0 aromatic carbocycles. The Balaban J connectivity index is 2.09. The van der Waals surface area contributed by atoms with Crippen LogP contribution in [0.25, 0.3) is 0 Å². The van der Waals surface area contributed by atoms with E-state index < -0.39 is 0 Å². The summed E-state index contributed by atoms with van der Waals surface area (Å²) in [5.74, 6) is 1.03. The van der Waals surface area contributed by atoms with E-state index in [1.807, 2.05) is 11.3 Å². The first-order valence-corrected chi connectivity index (χ1v) is 8.32. The van der Waals surface area contributed by atoms with Crippen molar-refractivity contribution < 1.29 is 4.74 Å². The predicted octanol–water partition coefficient (Wildman–Crippen LogP) is 3.66. The van der Waals surface area contributed by atoms with Crippen molar-refractivity contribution in [2.45, 2.75) is 58.4 Å². The van der Waals surface area contributed by atoms with Crippen molar-refractivity contribution in [3.05, 3.63) is 15.6 Å². The van der Waals surface area contributed by atoms with Crippen LogP contribution in [0.1, 0.15) is 67.4 Å². The molecule has 0 bridgehead atoms. The molecule has 0 saturated carbocycles. The number of hydrogen-bond acceptors (Lipinski definition) is 4. The van der Waals surface area contributed by atoms with Crippen molar-refractivity contribution in [3.8, 4) is 0 Å². The van der Waals surface area contributed by atoms with E-state index in [1.165, 1.54) is 34.8 Å². The average Bonchev–Trinajstić information content (AvgIpc) is 2.84. The van der Waals surface area contributed by atoms with Crippen LogP contribution in [-0.2, 0) is 11.3 Å². The molecule has 0 amide bonds. The van der Waals surface area contributed by atoms with Crippen LogP contribution in [0.2, 0.25) is 0 Å². The lowest BCUT2D eigenvalue weighted by molar-refractivity contribution is 0.0803. The van der Waals surface area contributed by atoms with Gasteiger partial charge in [-0.15, -0.1) is 11.3 Å². The molecule has 1 aliphatic heterocycles. The third kappa shape index (κ3) is 4.01. The van der Waals surface area contributed by atoms with Gasteiger partial charge < -0.3 is 10.1 Å². The molecule has 1 aliphatic rings. The van der Waals surface area contributed by atoms with Gasteiger partial charge in [-0.1, -0.05) is 20.8 Å². The maximum Gasteiger partial charge on any atom is 0.0985 e. The average molecular weight is 282 g/mol. The van der Waals surface area contributed by atoms with E-state index in [9.17, 15) is 0 Å². The van der Waals surface area contributed by atoms with E-state index in [0.29, 0.717) is 11.8 Å². The summed E-state index contributed by atoms with van der Waals surface area (Å²) in [5.41, 5.74) is 1.29. The first kappa shape index (κ1) is 14.9. The lowest BCUT2D eigenvalue weighted by Gasteiger charge is -2.19. The Morgan fingerprint density at radius 2 is 2.32 bits per heavy atom. The smallest absolute Gasteiger partial charge is 0.0985 e. The van der Waals surface area contributed by atoms with Crippen molar-refractivity contribution in [2.24, 2.45) is 0 Å². The fourth-order valence-electron chi connectivity index (χ4n) is 2.45. The minimum absolute atomic E-state index is 0.507. The number of ether oxygens (including phenoxy) is 1. The minimum atomic E-state index is 0.507. The van der Waals surface area contributed by atoms with Gasteiger partial charge in [0.1, 0.15) is 0 Å². The molecular weight excluding hydrogens is 256 g/mol. The first-order chi connectivity index (χ1) is 9.22. The molecule has 0 aliphatic carbocycles. The molecule has 0 radical (unpaired) electrons. The number of aromatic nitrogens is 1. The lowest BCUT2D eigenvalue weighted by atomic mass is 10.0. The summed E-state index contributed by atoms with van der Waals surface area (Å²) in [7, 11) is 0. The third-order valence-corrected chi connectivity index (χ3v) is 4.75.